The zero-order valence-corrected chi connectivity index (χ0v) is 11.7. The summed E-state index contributed by atoms with van der Waals surface area (Å²) >= 11 is 0. The molecule has 1 atom stereocenters. The van der Waals surface area contributed by atoms with Crippen molar-refractivity contribution in [3.63, 3.8) is 0 Å². The minimum absolute atomic E-state index is 0.165. The third-order valence-electron chi connectivity index (χ3n) is 3.41. The van der Waals surface area contributed by atoms with Gasteiger partial charge in [-0.2, -0.15) is 0 Å². The molecule has 0 aromatic rings. The van der Waals surface area contributed by atoms with Gasteiger partial charge in [-0.05, 0) is 19.8 Å². The molecule has 0 aromatic heterocycles. The molecule has 1 saturated carbocycles. The highest BCUT2D eigenvalue weighted by Crippen LogP contribution is 2.23. The standard InChI is InChI=1S/C11H19NO5S/c1-8(11(14)17-3)18(15,16)12(2)9-4-6-10(13)7-5-9/h8-9H,4-7H2,1-3H3. The fraction of sp³-hybridized carbons (Fsp3) is 0.818. The number of esters is 1. The van der Waals surface area contributed by atoms with E-state index in [0.29, 0.717) is 25.7 Å². The van der Waals surface area contributed by atoms with Crippen molar-refractivity contribution in [2.24, 2.45) is 0 Å². The lowest BCUT2D eigenvalue weighted by Gasteiger charge is -2.31. The molecule has 104 valence electrons. The van der Waals surface area contributed by atoms with Gasteiger partial charge in [-0.1, -0.05) is 0 Å². The lowest BCUT2D eigenvalue weighted by Crippen LogP contribution is -2.45. The molecule has 0 bridgehead atoms. The number of ketones is 1. The van der Waals surface area contributed by atoms with Gasteiger partial charge < -0.3 is 4.74 Å². The molecule has 1 fully saturated rings. The Hall–Kier alpha value is -0.950. The second-order valence-electron chi connectivity index (χ2n) is 4.50. The van der Waals surface area contributed by atoms with Crippen LogP contribution in [-0.2, 0) is 24.3 Å². The van der Waals surface area contributed by atoms with E-state index in [-0.39, 0.29) is 11.8 Å². The Kier molecular flexibility index (Phi) is 4.86. The van der Waals surface area contributed by atoms with Crippen molar-refractivity contribution in [1.82, 2.24) is 4.31 Å². The van der Waals surface area contributed by atoms with E-state index in [2.05, 4.69) is 4.74 Å². The first-order valence-corrected chi connectivity index (χ1v) is 7.37. The van der Waals surface area contributed by atoms with Crippen LogP contribution in [-0.4, -0.2) is 49.9 Å². The van der Waals surface area contributed by atoms with Crippen LogP contribution in [0.25, 0.3) is 0 Å². The molecule has 0 amide bonds. The Morgan fingerprint density at radius 3 is 2.33 bits per heavy atom. The van der Waals surface area contributed by atoms with Crippen molar-refractivity contribution >= 4 is 21.8 Å². The quantitative estimate of drug-likeness (QED) is 0.691. The summed E-state index contributed by atoms with van der Waals surface area (Å²) in [6, 6.07) is -0.209. The molecular weight excluding hydrogens is 258 g/mol. The van der Waals surface area contributed by atoms with Gasteiger partial charge in [0.25, 0.3) is 0 Å². The number of nitrogens with zero attached hydrogens (tertiary/aromatic N) is 1. The molecule has 18 heavy (non-hydrogen) atoms. The predicted molar refractivity (Wildman–Crippen MR) is 65.4 cm³/mol. The fourth-order valence-corrected chi connectivity index (χ4v) is 3.50. The molecule has 0 heterocycles. The molecule has 6 nitrogen and oxygen atoms in total. The third kappa shape index (κ3) is 3.08. The van der Waals surface area contributed by atoms with Gasteiger partial charge >= 0.3 is 5.97 Å². The number of Topliss-reactive ketones (excluding diaryl/α,β-unsaturated/α-hetero) is 1. The minimum atomic E-state index is -3.72. The lowest BCUT2D eigenvalue weighted by molar-refractivity contribution is -0.139. The Bertz CT molecular complexity index is 421. The van der Waals surface area contributed by atoms with Crippen molar-refractivity contribution in [2.45, 2.75) is 43.9 Å². The van der Waals surface area contributed by atoms with Crippen LogP contribution in [0.1, 0.15) is 32.6 Å². The molecule has 0 aliphatic heterocycles. The predicted octanol–water partition coefficient (Wildman–Crippen LogP) is 0.321. The largest absolute Gasteiger partial charge is 0.468 e. The molecule has 1 rings (SSSR count). The Morgan fingerprint density at radius 1 is 1.39 bits per heavy atom. The maximum absolute atomic E-state index is 12.2. The molecule has 7 heteroatoms. The zero-order chi connectivity index (χ0) is 13.9. The fourth-order valence-electron chi connectivity index (χ4n) is 2.03. The summed E-state index contributed by atoms with van der Waals surface area (Å²) in [4.78, 5) is 22.4. The number of methoxy groups -OCH3 is 1. The summed E-state index contributed by atoms with van der Waals surface area (Å²) in [5.74, 6) is -0.605. The topological polar surface area (TPSA) is 80.8 Å². The van der Waals surface area contributed by atoms with Crippen LogP contribution in [0.3, 0.4) is 0 Å². The maximum Gasteiger partial charge on any atom is 0.325 e. The van der Waals surface area contributed by atoms with Gasteiger partial charge in [0.1, 0.15) is 5.78 Å². The van der Waals surface area contributed by atoms with Crippen molar-refractivity contribution in [1.29, 1.82) is 0 Å². The molecule has 1 unspecified atom stereocenters. The van der Waals surface area contributed by atoms with Crippen LogP contribution in [0, 0.1) is 0 Å². The van der Waals surface area contributed by atoms with Gasteiger partial charge in [0.05, 0.1) is 7.11 Å². The van der Waals surface area contributed by atoms with Gasteiger partial charge in [-0.15, -0.1) is 0 Å². The van der Waals surface area contributed by atoms with Gasteiger partial charge in [0.15, 0.2) is 5.25 Å². The number of hydrogen-bond donors (Lipinski definition) is 0. The highest BCUT2D eigenvalue weighted by Gasteiger charge is 2.37. The second kappa shape index (κ2) is 5.79. The first-order chi connectivity index (χ1) is 8.30. The summed E-state index contributed by atoms with van der Waals surface area (Å²) in [6.07, 6.45) is 1.83. The average Bonchev–Trinajstić information content (AvgIpc) is 2.36. The normalized spacial score (nSPS) is 19.9. The van der Waals surface area contributed by atoms with E-state index in [1.54, 1.807) is 0 Å². The van der Waals surface area contributed by atoms with Gasteiger partial charge in [-0.3, -0.25) is 9.59 Å². The van der Waals surface area contributed by atoms with Gasteiger partial charge in [0.2, 0.25) is 10.0 Å². The van der Waals surface area contributed by atoms with E-state index in [4.69, 9.17) is 0 Å². The van der Waals surface area contributed by atoms with E-state index in [0.717, 1.165) is 7.11 Å². The average molecular weight is 277 g/mol. The van der Waals surface area contributed by atoms with Crippen LogP contribution in [0.5, 0.6) is 0 Å². The number of rotatable bonds is 4. The van der Waals surface area contributed by atoms with Crippen molar-refractivity contribution < 1.29 is 22.7 Å². The minimum Gasteiger partial charge on any atom is -0.468 e. The van der Waals surface area contributed by atoms with Crippen LogP contribution in [0.4, 0.5) is 0 Å². The molecule has 1 aliphatic rings. The van der Waals surface area contributed by atoms with Gasteiger partial charge in [-0.25, -0.2) is 12.7 Å². The summed E-state index contributed by atoms with van der Waals surface area (Å²) in [5, 5.41) is -1.22. The third-order valence-corrected chi connectivity index (χ3v) is 5.60. The van der Waals surface area contributed by atoms with E-state index < -0.39 is 21.2 Å². The SMILES string of the molecule is COC(=O)C(C)S(=O)(=O)N(C)C1CCC(=O)CC1. The highest BCUT2D eigenvalue weighted by atomic mass is 32.2. The Morgan fingerprint density at radius 2 is 1.89 bits per heavy atom. The summed E-state index contributed by atoms with van der Waals surface area (Å²) < 4.78 is 30.0. The highest BCUT2D eigenvalue weighted by molar-refractivity contribution is 7.90. The molecular formula is C11H19NO5S. The molecule has 0 spiro atoms. The van der Waals surface area contributed by atoms with E-state index >= 15 is 0 Å². The summed E-state index contributed by atoms with van der Waals surface area (Å²) in [5.41, 5.74) is 0. The zero-order valence-electron chi connectivity index (χ0n) is 10.9. The molecule has 1 aliphatic carbocycles. The number of carbonyl (C=O) groups excluding carboxylic acids is 2. The smallest absolute Gasteiger partial charge is 0.325 e. The van der Waals surface area contributed by atoms with E-state index in [1.807, 2.05) is 0 Å². The van der Waals surface area contributed by atoms with Crippen LogP contribution >= 0.6 is 0 Å². The van der Waals surface area contributed by atoms with E-state index in [9.17, 15) is 18.0 Å². The molecule has 0 aromatic carbocycles. The van der Waals surface area contributed by atoms with E-state index in [1.165, 1.54) is 18.3 Å². The van der Waals surface area contributed by atoms with Crippen LogP contribution in [0.15, 0.2) is 0 Å². The molecule has 0 N–H and O–H groups in total. The number of ether oxygens (including phenoxy) is 1. The summed E-state index contributed by atoms with van der Waals surface area (Å²) in [7, 11) is -1.11. The number of carbonyl (C=O) groups is 2. The van der Waals surface area contributed by atoms with Crippen molar-refractivity contribution in [3.8, 4) is 0 Å². The number of hydrogen-bond acceptors (Lipinski definition) is 5. The first-order valence-electron chi connectivity index (χ1n) is 5.87. The van der Waals surface area contributed by atoms with Crippen molar-refractivity contribution in [2.75, 3.05) is 14.2 Å². The number of sulfonamides is 1. The second-order valence-corrected chi connectivity index (χ2v) is 6.81. The molecule has 0 saturated heterocycles. The van der Waals surface area contributed by atoms with Gasteiger partial charge in [0, 0.05) is 25.9 Å². The summed E-state index contributed by atoms with van der Waals surface area (Å²) in [6.45, 7) is 1.31. The van der Waals surface area contributed by atoms with Crippen LogP contribution < -0.4 is 0 Å². The molecule has 0 radical (unpaired) electrons. The monoisotopic (exact) mass is 277 g/mol. The lowest BCUT2D eigenvalue weighted by atomic mass is 9.95. The first kappa shape index (κ1) is 15.1. The van der Waals surface area contributed by atoms with Crippen LogP contribution in [0.2, 0.25) is 0 Å². The Labute approximate surface area is 107 Å². The van der Waals surface area contributed by atoms with Crippen molar-refractivity contribution in [3.05, 3.63) is 0 Å². The Balaban J connectivity index is 2.79. The maximum atomic E-state index is 12.2.